The first kappa shape index (κ1) is 12.2. The number of ether oxygens (including phenoxy) is 1. The summed E-state index contributed by atoms with van der Waals surface area (Å²) < 4.78 is 5.48. The van der Waals surface area contributed by atoms with Crippen LogP contribution in [0, 0.1) is 15.5 Å². The molecule has 3 rings (SSSR count). The van der Waals surface area contributed by atoms with Gasteiger partial charge in [-0.15, -0.1) is 0 Å². The third-order valence-corrected chi connectivity index (χ3v) is 3.08. The lowest BCUT2D eigenvalue weighted by molar-refractivity contribution is -0.385. The Balaban J connectivity index is 1.95. The fourth-order valence-corrected chi connectivity index (χ4v) is 2.11. The van der Waals surface area contributed by atoms with Crippen LogP contribution in [0.5, 0.6) is 0 Å². The van der Waals surface area contributed by atoms with Gasteiger partial charge in [0, 0.05) is 23.4 Å². The van der Waals surface area contributed by atoms with Crippen LogP contribution in [0.4, 0.5) is 11.4 Å². The number of benzene rings is 2. The van der Waals surface area contributed by atoms with Gasteiger partial charge in [-0.05, 0) is 12.1 Å². The van der Waals surface area contributed by atoms with Crippen molar-refractivity contribution in [2.24, 2.45) is 0 Å². The maximum absolute atomic E-state index is 10.8. The van der Waals surface area contributed by atoms with E-state index < -0.39 is 11.2 Å². The lowest BCUT2D eigenvalue weighted by Crippen LogP contribution is -2.25. The Morgan fingerprint density at radius 1 is 1.20 bits per heavy atom. The van der Waals surface area contributed by atoms with Crippen molar-refractivity contribution in [1.29, 1.82) is 5.41 Å². The van der Waals surface area contributed by atoms with E-state index in [1.54, 1.807) is 18.2 Å². The number of fused-ring (bicyclic) bond motifs is 1. The van der Waals surface area contributed by atoms with Crippen LogP contribution in [0.2, 0.25) is 0 Å². The van der Waals surface area contributed by atoms with Gasteiger partial charge in [-0.2, -0.15) is 0 Å². The standard InChI is InChI=1S/C14H11N3O3/c15-13-11-6-1-2-7-12(11)16-14(20-13)9-4-3-5-10(8-9)17(18)19/h1-8,14-16H. The Morgan fingerprint density at radius 2 is 2.00 bits per heavy atom. The molecular weight excluding hydrogens is 258 g/mol. The average Bonchev–Trinajstić information content (AvgIpc) is 2.47. The van der Waals surface area contributed by atoms with Crippen molar-refractivity contribution in [3.63, 3.8) is 0 Å². The summed E-state index contributed by atoms with van der Waals surface area (Å²) in [4.78, 5) is 10.3. The van der Waals surface area contributed by atoms with Crippen LogP contribution in [0.3, 0.4) is 0 Å². The second kappa shape index (κ2) is 4.65. The third kappa shape index (κ3) is 2.07. The molecule has 2 aromatic carbocycles. The lowest BCUT2D eigenvalue weighted by Gasteiger charge is -2.28. The minimum Gasteiger partial charge on any atom is -0.449 e. The first-order chi connectivity index (χ1) is 9.65. The SMILES string of the molecule is N=C1OC(c2cccc([N+](=O)[O-])c2)Nc2ccccc21. The zero-order chi connectivity index (χ0) is 14.1. The molecule has 6 heteroatoms. The fraction of sp³-hybridized carbons (Fsp3) is 0.0714. The highest BCUT2D eigenvalue weighted by atomic mass is 16.6. The van der Waals surface area contributed by atoms with Gasteiger partial charge in [-0.1, -0.05) is 24.3 Å². The van der Waals surface area contributed by atoms with Crippen LogP contribution in [0.25, 0.3) is 0 Å². The molecule has 1 heterocycles. The van der Waals surface area contributed by atoms with E-state index in [9.17, 15) is 10.1 Å². The summed E-state index contributed by atoms with van der Waals surface area (Å²) >= 11 is 0. The Bertz CT molecular complexity index is 700. The summed E-state index contributed by atoms with van der Waals surface area (Å²) in [5, 5.41) is 21.8. The van der Waals surface area contributed by atoms with Gasteiger partial charge in [0.15, 0.2) is 6.23 Å². The number of rotatable bonds is 2. The average molecular weight is 269 g/mol. The van der Waals surface area contributed by atoms with Crippen molar-refractivity contribution < 1.29 is 9.66 Å². The van der Waals surface area contributed by atoms with Crippen LogP contribution in [0.1, 0.15) is 17.4 Å². The highest BCUT2D eigenvalue weighted by Gasteiger charge is 2.25. The largest absolute Gasteiger partial charge is 0.449 e. The monoisotopic (exact) mass is 269 g/mol. The van der Waals surface area contributed by atoms with Crippen LogP contribution in [-0.4, -0.2) is 10.8 Å². The summed E-state index contributed by atoms with van der Waals surface area (Å²) in [5.41, 5.74) is 2.06. The molecule has 100 valence electrons. The van der Waals surface area contributed by atoms with Gasteiger partial charge in [0.1, 0.15) is 0 Å². The van der Waals surface area contributed by atoms with Crippen molar-refractivity contribution in [2.45, 2.75) is 6.23 Å². The van der Waals surface area contributed by atoms with E-state index in [1.807, 2.05) is 18.2 Å². The van der Waals surface area contributed by atoms with E-state index in [0.29, 0.717) is 11.1 Å². The van der Waals surface area contributed by atoms with Gasteiger partial charge >= 0.3 is 0 Å². The van der Waals surface area contributed by atoms with Crippen molar-refractivity contribution in [3.8, 4) is 0 Å². The molecule has 1 unspecified atom stereocenters. The van der Waals surface area contributed by atoms with E-state index in [4.69, 9.17) is 10.1 Å². The molecule has 0 spiro atoms. The van der Waals surface area contributed by atoms with Crippen molar-refractivity contribution in [1.82, 2.24) is 0 Å². The number of nitro groups is 1. The van der Waals surface area contributed by atoms with Gasteiger partial charge in [-0.3, -0.25) is 15.5 Å². The molecule has 0 amide bonds. The number of non-ortho nitro benzene ring substituents is 1. The number of anilines is 1. The van der Waals surface area contributed by atoms with Crippen LogP contribution in [0.15, 0.2) is 48.5 Å². The third-order valence-electron chi connectivity index (χ3n) is 3.08. The quantitative estimate of drug-likeness (QED) is 0.647. The predicted octanol–water partition coefficient (Wildman–Crippen LogP) is 3.06. The van der Waals surface area contributed by atoms with Crippen LogP contribution < -0.4 is 5.32 Å². The van der Waals surface area contributed by atoms with Crippen molar-refractivity contribution in [3.05, 3.63) is 69.8 Å². The molecule has 0 fully saturated rings. The highest BCUT2D eigenvalue weighted by Crippen LogP contribution is 2.31. The molecule has 2 aromatic rings. The Labute approximate surface area is 114 Å². The number of para-hydroxylation sites is 1. The molecule has 0 radical (unpaired) electrons. The zero-order valence-electron chi connectivity index (χ0n) is 10.4. The van der Waals surface area contributed by atoms with Gasteiger partial charge < -0.3 is 10.1 Å². The highest BCUT2D eigenvalue weighted by molar-refractivity contribution is 5.99. The Kier molecular flexibility index (Phi) is 2.83. The Morgan fingerprint density at radius 3 is 2.80 bits per heavy atom. The second-order valence-corrected chi connectivity index (χ2v) is 4.37. The van der Waals surface area contributed by atoms with E-state index in [2.05, 4.69) is 5.32 Å². The van der Waals surface area contributed by atoms with E-state index in [-0.39, 0.29) is 11.6 Å². The maximum atomic E-state index is 10.8. The van der Waals surface area contributed by atoms with Crippen molar-refractivity contribution >= 4 is 17.3 Å². The molecular formula is C14H11N3O3. The molecule has 0 saturated heterocycles. The number of nitrogens with zero attached hydrogens (tertiary/aromatic N) is 1. The molecule has 0 aromatic heterocycles. The molecule has 1 aliphatic rings. The number of hydrogen-bond donors (Lipinski definition) is 2. The first-order valence-electron chi connectivity index (χ1n) is 6.00. The van der Waals surface area contributed by atoms with Gasteiger partial charge in [0.2, 0.25) is 5.90 Å². The minimum absolute atomic E-state index is 0.00158. The molecule has 0 bridgehead atoms. The van der Waals surface area contributed by atoms with E-state index in [0.717, 1.165) is 5.69 Å². The van der Waals surface area contributed by atoms with Crippen LogP contribution in [-0.2, 0) is 4.74 Å². The molecule has 6 nitrogen and oxygen atoms in total. The van der Waals surface area contributed by atoms with E-state index in [1.165, 1.54) is 12.1 Å². The summed E-state index contributed by atoms with van der Waals surface area (Å²) in [6.07, 6.45) is -0.600. The smallest absolute Gasteiger partial charge is 0.269 e. The molecule has 1 aliphatic heterocycles. The fourth-order valence-electron chi connectivity index (χ4n) is 2.11. The number of nitro benzene ring substituents is 1. The van der Waals surface area contributed by atoms with Gasteiger partial charge in [0.05, 0.1) is 10.5 Å². The molecule has 0 saturated carbocycles. The summed E-state index contributed by atoms with van der Waals surface area (Å²) in [5.74, 6) is 0.0517. The summed E-state index contributed by atoms with van der Waals surface area (Å²) in [7, 11) is 0. The summed E-state index contributed by atoms with van der Waals surface area (Å²) in [6.45, 7) is 0. The Hall–Kier alpha value is -2.89. The summed E-state index contributed by atoms with van der Waals surface area (Å²) in [6, 6.07) is 13.5. The van der Waals surface area contributed by atoms with Gasteiger partial charge in [0.25, 0.3) is 5.69 Å². The number of hydrogen-bond acceptors (Lipinski definition) is 5. The van der Waals surface area contributed by atoms with Crippen LogP contribution >= 0.6 is 0 Å². The first-order valence-corrected chi connectivity index (χ1v) is 6.00. The molecule has 1 atom stereocenters. The molecule has 0 aliphatic carbocycles. The normalized spacial score (nSPS) is 16.8. The zero-order valence-corrected chi connectivity index (χ0v) is 10.4. The molecule has 20 heavy (non-hydrogen) atoms. The molecule has 2 N–H and O–H groups in total. The predicted molar refractivity (Wildman–Crippen MR) is 73.8 cm³/mol. The maximum Gasteiger partial charge on any atom is 0.269 e. The lowest BCUT2D eigenvalue weighted by atomic mass is 10.1. The van der Waals surface area contributed by atoms with E-state index >= 15 is 0 Å². The topological polar surface area (TPSA) is 88.2 Å². The second-order valence-electron chi connectivity index (χ2n) is 4.37. The number of nitrogens with one attached hydrogen (secondary N) is 2. The van der Waals surface area contributed by atoms with Gasteiger partial charge in [-0.25, -0.2) is 0 Å². The van der Waals surface area contributed by atoms with Crippen molar-refractivity contribution in [2.75, 3.05) is 5.32 Å². The minimum atomic E-state index is -0.600.